The molecular formula is C12H17N5O2. The summed E-state index contributed by atoms with van der Waals surface area (Å²) in [5.74, 6) is 0.585. The van der Waals surface area contributed by atoms with E-state index in [-0.39, 0.29) is 12.0 Å². The van der Waals surface area contributed by atoms with Crippen LogP contribution in [0.4, 0.5) is 5.82 Å². The minimum Gasteiger partial charge on any atom is -0.481 e. The zero-order chi connectivity index (χ0) is 14.0. The number of aromatic nitrogens is 4. The third-order valence-corrected chi connectivity index (χ3v) is 2.92. The van der Waals surface area contributed by atoms with Gasteiger partial charge in [0.2, 0.25) is 5.65 Å². The summed E-state index contributed by atoms with van der Waals surface area (Å²) in [5.41, 5.74) is 0.260. The molecule has 0 bridgehead atoms. The van der Waals surface area contributed by atoms with E-state index < -0.39 is 5.97 Å². The Labute approximate surface area is 110 Å². The number of aliphatic carboxylic acids is 1. The van der Waals surface area contributed by atoms with Crippen LogP contribution in [0.25, 0.3) is 5.65 Å². The van der Waals surface area contributed by atoms with Crippen LogP contribution in [0.2, 0.25) is 0 Å². The van der Waals surface area contributed by atoms with Crippen LogP contribution in [-0.2, 0) is 4.79 Å². The lowest BCUT2D eigenvalue weighted by atomic mass is 9.98. The Kier molecular flexibility index (Phi) is 3.37. The predicted molar refractivity (Wildman–Crippen MR) is 70.1 cm³/mol. The lowest BCUT2D eigenvalue weighted by molar-refractivity contribution is -0.137. The SMILES string of the molecule is Cc1nnc2c(NC(C)(C)CCC(=O)O)nccn12. The van der Waals surface area contributed by atoms with Gasteiger partial charge in [-0.05, 0) is 27.2 Å². The quantitative estimate of drug-likeness (QED) is 0.849. The normalized spacial score (nSPS) is 11.7. The fourth-order valence-electron chi connectivity index (χ4n) is 1.83. The van der Waals surface area contributed by atoms with E-state index in [0.717, 1.165) is 5.82 Å². The molecule has 2 N–H and O–H groups in total. The van der Waals surface area contributed by atoms with Gasteiger partial charge in [0.1, 0.15) is 5.82 Å². The zero-order valence-corrected chi connectivity index (χ0v) is 11.2. The Hall–Kier alpha value is -2.18. The Morgan fingerprint density at radius 3 is 2.89 bits per heavy atom. The van der Waals surface area contributed by atoms with E-state index in [1.165, 1.54) is 0 Å². The highest BCUT2D eigenvalue weighted by atomic mass is 16.4. The number of hydrogen-bond donors (Lipinski definition) is 2. The van der Waals surface area contributed by atoms with Crippen molar-refractivity contribution < 1.29 is 9.90 Å². The Bertz CT molecular complexity index is 605. The fraction of sp³-hybridized carbons (Fsp3) is 0.500. The van der Waals surface area contributed by atoms with Crippen molar-refractivity contribution in [3.05, 3.63) is 18.2 Å². The Balaban J connectivity index is 2.23. The summed E-state index contributed by atoms with van der Waals surface area (Å²) < 4.78 is 1.84. The summed E-state index contributed by atoms with van der Waals surface area (Å²) >= 11 is 0. The first kappa shape index (κ1) is 13.3. The van der Waals surface area contributed by atoms with Crippen molar-refractivity contribution in [2.45, 2.75) is 39.2 Å². The van der Waals surface area contributed by atoms with Crippen molar-refractivity contribution >= 4 is 17.4 Å². The van der Waals surface area contributed by atoms with Gasteiger partial charge in [0, 0.05) is 24.4 Å². The molecule has 7 nitrogen and oxygen atoms in total. The lowest BCUT2D eigenvalue weighted by Gasteiger charge is -2.26. The van der Waals surface area contributed by atoms with Gasteiger partial charge in [-0.1, -0.05) is 0 Å². The van der Waals surface area contributed by atoms with Gasteiger partial charge in [-0.25, -0.2) is 4.98 Å². The van der Waals surface area contributed by atoms with Crippen LogP contribution in [0.5, 0.6) is 0 Å². The molecule has 0 unspecified atom stereocenters. The first-order chi connectivity index (χ1) is 8.89. The highest BCUT2D eigenvalue weighted by Crippen LogP contribution is 2.21. The minimum atomic E-state index is -0.806. The van der Waals surface area contributed by atoms with Gasteiger partial charge >= 0.3 is 5.97 Å². The second-order valence-electron chi connectivity index (χ2n) is 5.12. The summed E-state index contributed by atoms with van der Waals surface area (Å²) in [6.45, 7) is 5.73. The van der Waals surface area contributed by atoms with Gasteiger partial charge < -0.3 is 10.4 Å². The molecule has 2 aromatic rings. The number of aryl methyl sites for hydroxylation is 1. The van der Waals surface area contributed by atoms with Crippen molar-refractivity contribution in [3.63, 3.8) is 0 Å². The number of nitrogens with zero attached hydrogens (tertiary/aromatic N) is 4. The van der Waals surface area contributed by atoms with Crippen LogP contribution in [-0.4, -0.2) is 36.2 Å². The topological polar surface area (TPSA) is 92.4 Å². The van der Waals surface area contributed by atoms with Crippen LogP contribution in [0.1, 0.15) is 32.5 Å². The first-order valence-corrected chi connectivity index (χ1v) is 6.05. The fourth-order valence-corrected chi connectivity index (χ4v) is 1.83. The van der Waals surface area contributed by atoms with E-state index in [4.69, 9.17) is 5.11 Å². The molecule has 0 saturated heterocycles. The molecule has 2 rings (SSSR count). The van der Waals surface area contributed by atoms with E-state index >= 15 is 0 Å². The summed E-state index contributed by atoms with van der Waals surface area (Å²) in [5, 5.41) is 20.0. The molecular weight excluding hydrogens is 246 g/mol. The van der Waals surface area contributed by atoms with Gasteiger partial charge in [0.15, 0.2) is 5.82 Å². The number of carbonyl (C=O) groups is 1. The molecule has 102 valence electrons. The third kappa shape index (κ3) is 2.98. The maximum Gasteiger partial charge on any atom is 0.303 e. The third-order valence-electron chi connectivity index (χ3n) is 2.92. The van der Waals surface area contributed by atoms with Gasteiger partial charge in [-0.15, -0.1) is 10.2 Å². The largest absolute Gasteiger partial charge is 0.481 e. The molecule has 0 radical (unpaired) electrons. The van der Waals surface area contributed by atoms with Crippen LogP contribution in [0.3, 0.4) is 0 Å². The van der Waals surface area contributed by atoms with Crippen LogP contribution in [0, 0.1) is 6.92 Å². The molecule has 7 heteroatoms. The summed E-state index contributed by atoms with van der Waals surface area (Å²) in [4.78, 5) is 14.9. The first-order valence-electron chi connectivity index (χ1n) is 6.05. The molecule has 0 aromatic carbocycles. The van der Waals surface area contributed by atoms with Crippen molar-refractivity contribution in [1.82, 2.24) is 19.6 Å². The molecule has 0 aliphatic rings. The smallest absolute Gasteiger partial charge is 0.303 e. The number of rotatable bonds is 5. The molecule has 2 heterocycles. The average molecular weight is 263 g/mol. The minimum absolute atomic E-state index is 0.106. The van der Waals surface area contributed by atoms with E-state index in [1.807, 2.05) is 25.2 Å². The summed E-state index contributed by atoms with van der Waals surface area (Å²) in [6, 6.07) is 0. The van der Waals surface area contributed by atoms with Gasteiger partial charge in [0.05, 0.1) is 0 Å². The van der Waals surface area contributed by atoms with Crippen LogP contribution in [0.15, 0.2) is 12.4 Å². The summed E-state index contributed by atoms with van der Waals surface area (Å²) in [7, 11) is 0. The number of nitrogens with one attached hydrogen (secondary N) is 1. The van der Waals surface area contributed by atoms with Gasteiger partial charge in [-0.2, -0.15) is 0 Å². The van der Waals surface area contributed by atoms with E-state index in [1.54, 1.807) is 12.4 Å². The number of fused-ring (bicyclic) bond motifs is 1. The van der Waals surface area contributed by atoms with Gasteiger partial charge in [0.25, 0.3) is 0 Å². The van der Waals surface area contributed by atoms with Crippen molar-refractivity contribution in [2.24, 2.45) is 0 Å². The van der Waals surface area contributed by atoms with Crippen LogP contribution >= 0.6 is 0 Å². The maximum atomic E-state index is 10.6. The zero-order valence-electron chi connectivity index (χ0n) is 11.2. The van der Waals surface area contributed by atoms with E-state index in [2.05, 4.69) is 20.5 Å². The molecule has 0 atom stereocenters. The standard InChI is InChI=1S/C12H17N5O2/c1-8-15-16-11-10(13-6-7-17(8)11)14-12(2,3)5-4-9(18)19/h6-7H,4-5H2,1-3H3,(H,13,14)(H,18,19). The predicted octanol–water partition coefficient (Wildman–Crippen LogP) is 1.49. The second kappa shape index (κ2) is 4.83. The number of hydrogen-bond acceptors (Lipinski definition) is 5. The van der Waals surface area contributed by atoms with E-state index in [0.29, 0.717) is 17.9 Å². The lowest BCUT2D eigenvalue weighted by Crippen LogP contribution is -2.32. The molecule has 0 spiro atoms. The molecule has 19 heavy (non-hydrogen) atoms. The van der Waals surface area contributed by atoms with Crippen LogP contribution < -0.4 is 5.32 Å². The van der Waals surface area contributed by atoms with Crippen molar-refractivity contribution in [3.8, 4) is 0 Å². The summed E-state index contributed by atoms with van der Waals surface area (Å²) in [6.07, 6.45) is 4.06. The highest BCUT2D eigenvalue weighted by Gasteiger charge is 2.21. The Morgan fingerprint density at radius 1 is 1.47 bits per heavy atom. The molecule has 0 amide bonds. The van der Waals surface area contributed by atoms with Crippen molar-refractivity contribution in [1.29, 1.82) is 0 Å². The molecule has 2 aromatic heterocycles. The molecule has 0 aliphatic heterocycles. The van der Waals surface area contributed by atoms with Crippen molar-refractivity contribution in [2.75, 3.05) is 5.32 Å². The maximum absolute atomic E-state index is 10.6. The molecule has 0 aliphatic carbocycles. The Morgan fingerprint density at radius 2 is 2.21 bits per heavy atom. The number of anilines is 1. The number of carboxylic acids is 1. The number of carboxylic acid groups (broad SMARTS) is 1. The van der Waals surface area contributed by atoms with E-state index in [9.17, 15) is 4.79 Å². The monoisotopic (exact) mass is 263 g/mol. The molecule has 0 saturated carbocycles. The molecule has 0 fully saturated rings. The second-order valence-corrected chi connectivity index (χ2v) is 5.12. The van der Waals surface area contributed by atoms with Gasteiger partial charge in [-0.3, -0.25) is 9.20 Å². The highest BCUT2D eigenvalue weighted by molar-refractivity contribution is 5.67. The average Bonchev–Trinajstić information content (AvgIpc) is 2.70.